The molecule has 6 heteroatoms. The Hall–Kier alpha value is -2.34. The molecule has 2 aromatic rings. The zero-order valence-electron chi connectivity index (χ0n) is 16.0. The van der Waals surface area contributed by atoms with Crippen LogP contribution in [0.5, 0.6) is 0 Å². The highest BCUT2D eigenvalue weighted by Crippen LogP contribution is 2.26. The van der Waals surface area contributed by atoms with Gasteiger partial charge in [-0.1, -0.05) is 18.2 Å². The fourth-order valence-corrected chi connectivity index (χ4v) is 4.87. The van der Waals surface area contributed by atoms with E-state index < -0.39 is 10.0 Å². The van der Waals surface area contributed by atoms with Gasteiger partial charge in [0.1, 0.15) is 0 Å². The summed E-state index contributed by atoms with van der Waals surface area (Å²) in [6.45, 7) is 4.14. The summed E-state index contributed by atoms with van der Waals surface area (Å²) in [6.07, 6.45) is 3.14. The number of anilines is 1. The molecule has 2 aromatic carbocycles. The maximum Gasteiger partial charge on any atom is 0.264 e. The van der Waals surface area contributed by atoms with Gasteiger partial charge in [-0.25, -0.2) is 8.42 Å². The van der Waals surface area contributed by atoms with Gasteiger partial charge < -0.3 is 4.90 Å². The van der Waals surface area contributed by atoms with E-state index in [1.807, 2.05) is 11.0 Å². The molecule has 1 aliphatic rings. The van der Waals surface area contributed by atoms with Crippen LogP contribution in [0.2, 0.25) is 0 Å². The van der Waals surface area contributed by atoms with E-state index in [4.69, 9.17) is 0 Å². The van der Waals surface area contributed by atoms with Crippen LogP contribution < -0.4 is 4.31 Å². The number of amides is 1. The Kier molecular flexibility index (Phi) is 5.56. The summed E-state index contributed by atoms with van der Waals surface area (Å²) in [7, 11) is -2.14. The minimum atomic E-state index is -3.67. The van der Waals surface area contributed by atoms with Crippen molar-refractivity contribution in [1.29, 1.82) is 0 Å². The summed E-state index contributed by atoms with van der Waals surface area (Å²) in [4.78, 5) is 15.0. The molecule has 0 bridgehead atoms. The molecular formula is C21H26N2O3S. The van der Waals surface area contributed by atoms with Crippen LogP contribution in [0.25, 0.3) is 0 Å². The van der Waals surface area contributed by atoms with Crippen molar-refractivity contribution in [1.82, 2.24) is 4.90 Å². The summed E-state index contributed by atoms with van der Waals surface area (Å²) >= 11 is 0. The minimum absolute atomic E-state index is 0.0324. The molecule has 2 unspecified atom stereocenters. The number of sulfonamides is 1. The third kappa shape index (κ3) is 3.86. The van der Waals surface area contributed by atoms with Crippen molar-refractivity contribution in [2.75, 3.05) is 11.4 Å². The molecule has 0 radical (unpaired) electrons. The van der Waals surface area contributed by atoms with E-state index in [-0.39, 0.29) is 22.9 Å². The van der Waals surface area contributed by atoms with Gasteiger partial charge in [-0.2, -0.15) is 0 Å². The first-order valence-corrected chi connectivity index (χ1v) is 10.7. The van der Waals surface area contributed by atoms with Crippen LogP contribution in [0.3, 0.4) is 0 Å². The highest BCUT2D eigenvalue weighted by molar-refractivity contribution is 7.92. The number of benzene rings is 2. The van der Waals surface area contributed by atoms with Gasteiger partial charge >= 0.3 is 0 Å². The molecule has 1 saturated heterocycles. The summed E-state index contributed by atoms with van der Waals surface area (Å²) in [5, 5.41) is 0. The van der Waals surface area contributed by atoms with Crippen LogP contribution in [0.4, 0.5) is 5.69 Å². The van der Waals surface area contributed by atoms with E-state index in [9.17, 15) is 13.2 Å². The van der Waals surface area contributed by atoms with E-state index in [0.29, 0.717) is 11.3 Å². The van der Waals surface area contributed by atoms with Crippen molar-refractivity contribution in [3.8, 4) is 0 Å². The predicted molar refractivity (Wildman–Crippen MR) is 107 cm³/mol. The predicted octanol–water partition coefficient (Wildman–Crippen LogP) is 3.91. The topological polar surface area (TPSA) is 57.7 Å². The van der Waals surface area contributed by atoms with Gasteiger partial charge in [0.05, 0.1) is 10.6 Å². The average molecular weight is 387 g/mol. The molecule has 0 spiro atoms. The van der Waals surface area contributed by atoms with Crippen molar-refractivity contribution < 1.29 is 13.2 Å². The highest BCUT2D eigenvalue weighted by Gasteiger charge is 2.30. The molecule has 1 heterocycles. The monoisotopic (exact) mass is 386 g/mol. The molecule has 0 aromatic heterocycles. The summed E-state index contributed by atoms with van der Waals surface area (Å²) in [6, 6.07) is 15.6. The zero-order chi connectivity index (χ0) is 19.6. The number of rotatable bonds is 4. The van der Waals surface area contributed by atoms with Crippen molar-refractivity contribution >= 4 is 21.6 Å². The van der Waals surface area contributed by atoms with Gasteiger partial charge in [0.2, 0.25) is 0 Å². The molecule has 0 aliphatic carbocycles. The molecule has 1 amide bonds. The second-order valence-corrected chi connectivity index (χ2v) is 9.14. The van der Waals surface area contributed by atoms with Crippen molar-refractivity contribution in [3.63, 3.8) is 0 Å². The van der Waals surface area contributed by atoms with Crippen molar-refractivity contribution in [2.45, 2.75) is 50.1 Å². The number of carbonyl (C=O) groups excluding carboxylic acids is 1. The van der Waals surface area contributed by atoms with Crippen molar-refractivity contribution in [2.24, 2.45) is 0 Å². The van der Waals surface area contributed by atoms with Crippen LogP contribution in [0.1, 0.15) is 43.5 Å². The fourth-order valence-electron chi connectivity index (χ4n) is 3.67. The molecule has 144 valence electrons. The van der Waals surface area contributed by atoms with Crippen LogP contribution in [0, 0.1) is 0 Å². The highest BCUT2D eigenvalue weighted by atomic mass is 32.2. The van der Waals surface area contributed by atoms with Gasteiger partial charge in [-0.05, 0) is 69.5 Å². The lowest BCUT2D eigenvalue weighted by molar-refractivity contribution is 0.0510. The first kappa shape index (κ1) is 19.4. The Balaban J connectivity index is 1.83. The number of likely N-dealkylation sites (tertiary alicyclic amines) is 1. The smallest absolute Gasteiger partial charge is 0.264 e. The van der Waals surface area contributed by atoms with Crippen LogP contribution in [-0.4, -0.2) is 38.4 Å². The minimum Gasteiger partial charge on any atom is -0.333 e. The second kappa shape index (κ2) is 7.72. The number of para-hydroxylation sites is 1. The maximum absolute atomic E-state index is 12.9. The molecule has 27 heavy (non-hydrogen) atoms. The zero-order valence-corrected chi connectivity index (χ0v) is 16.8. The number of hydrogen-bond donors (Lipinski definition) is 0. The lowest BCUT2D eigenvalue weighted by Crippen LogP contribution is -2.47. The Labute approximate surface area is 161 Å². The van der Waals surface area contributed by atoms with E-state index >= 15 is 0 Å². The van der Waals surface area contributed by atoms with E-state index in [1.165, 1.54) is 23.5 Å². The second-order valence-electron chi connectivity index (χ2n) is 7.17. The largest absolute Gasteiger partial charge is 0.333 e. The number of carbonyl (C=O) groups is 1. The summed E-state index contributed by atoms with van der Waals surface area (Å²) in [5.74, 6) is -0.0324. The van der Waals surface area contributed by atoms with Crippen LogP contribution >= 0.6 is 0 Å². The molecule has 3 rings (SSSR count). The lowest BCUT2D eigenvalue weighted by Gasteiger charge is -2.39. The quantitative estimate of drug-likeness (QED) is 0.800. The van der Waals surface area contributed by atoms with Crippen molar-refractivity contribution in [3.05, 3.63) is 60.2 Å². The Bertz CT molecular complexity index is 885. The average Bonchev–Trinajstić information content (AvgIpc) is 2.68. The maximum atomic E-state index is 12.9. The van der Waals surface area contributed by atoms with Gasteiger partial charge in [0.25, 0.3) is 15.9 Å². The Morgan fingerprint density at radius 1 is 0.963 bits per heavy atom. The summed E-state index contributed by atoms with van der Waals surface area (Å²) in [5.41, 5.74) is 1.12. The first-order chi connectivity index (χ1) is 12.8. The van der Waals surface area contributed by atoms with Gasteiger partial charge in [-0.15, -0.1) is 0 Å². The molecular weight excluding hydrogens is 360 g/mol. The molecule has 2 atom stereocenters. The number of piperidine rings is 1. The van der Waals surface area contributed by atoms with Gasteiger partial charge in [-0.3, -0.25) is 9.10 Å². The third-order valence-corrected chi connectivity index (χ3v) is 7.11. The first-order valence-electron chi connectivity index (χ1n) is 9.29. The SMILES string of the molecule is CC1CCCC(C)N1C(=O)c1ccc(S(=O)(=O)N(C)c2ccccc2)cc1. The number of hydrogen-bond acceptors (Lipinski definition) is 3. The standard InChI is InChI=1S/C21H26N2O3S/c1-16-8-7-9-17(2)23(16)21(24)18-12-14-20(15-13-18)27(25,26)22(3)19-10-5-4-6-11-19/h4-6,10-17H,7-9H2,1-3H3. The van der Waals surface area contributed by atoms with E-state index in [2.05, 4.69) is 13.8 Å². The van der Waals surface area contributed by atoms with Gasteiger partial charge in [0.15, 0.2) is 0 Å². The van der Waals surface area contributed by atoms with Crippen LogP contribution in [-0.2, 0) is 10.0 Å². The number of nitrogens with zero attached hydrogens (tertiary/aromatic N) is 2. The Morgan fingerprint density at radius 2 is 1.52 bits per heavy atom. The normalized spacial score (nSPS) is 20.3. The molecule has 5 nitrogen and oxygen atoms in total. The molecule has 1 aliphatic heterocycles. The lowest BCUT2D eigenvalue weighted by atomic mass is 9.96. The van der Waals surface area contributed by atoms with E-state index in [1.54, 1.807) is 36.4 Å². The van der Waals surface area contributed by atoms with Gasteiger partial charge in [0, 0.05) is 24.7 Å². The molecule has 0 saturated carbocycles. The third-order valence-electron chi connectivity index (χ3n) is 5.31. The van der Waals surface area contributed by atoms with Crippen LogP contribution in [0.15, 0.2) is 59.5 Å². The molecule has 0 N–H and O–H groups in total. The fraction of sp³-hybridized carbons (Fsp3) is 0.381. The van der Waals surface area contributed by atoms with E-state index in [0.717, 1.165) is 19.3 Å². The molecule has 1 fully saturated rings. The summed E-state index contributed by atoms with van der Waals surface area (Å²) < 4.78 is 26.9. The Morgan fingerprint density at radius 3 is 2.07 bits per heavy atom.